The molecule has 1 aliphatic rings. The maximum atomic E-state index is 6.13. The molecular formula is C14H19N3. The Kier molecular flexibility index (Phi) is 2.63. The molecule has 1 aliphatic carbocycles. The van der Waals surface area contributed by atoms with Crippen molar-refractivity contribution in [3.8, 4) is 0 Å². The number of benzene rings is 1. The van der Waals surface area contributed by atoms with Crippen molar-refractivity contribution < 1.29 is 0 Å². The fourth-order valence-electron chi connectivity index (χ4n) is 2.93. The zero-order chi connectivity index (χ0) is 11.8. The number of nitrogens with two attached hydrogens (primary N) is 1. The van der Waals surface area contributed by atoms with Crippen LogP contribution in [0.2, 0.25) is 0 Å². The fraction of sp³-hybridized carbons (Fsp3) is 0.500. The normalized spacial score (nSPS) is 24.6. The smallest absolute Gasteiger partial charge is 0.109 e. The first-order valence-electron chi connectivity index (χ1n) is 6.41. The molecule has 1 aromatic heterocycles. The van der Waals surface area contributed by atoms with Crippen molar-refractivity contribution in [1.29, 1.82) is 0 Å². The molecule has 2 unspecified atom stereocenters. The van der Waals surface area contributed by atoms with Crippen molar-refractivity contribution in [2.75, 3.05) is 0 Å². The Morgan fingerprint density at radius 1 is 1.35 bits per heavy atom. The Morgan fingerprint density at radius 2 is 2.18 bits per heavy atom. The highest BCUT2D eigenvalue weighted by molar-refractivity contribution is 5.75. The first kappa shape index (κ1) is 10.8. The van der Waals surface area contributed by atoms with Crippen molar-refractivity contribution in [3.05, 3.63) is 30.1 Å². The van der Waals surface area contributed by atoms with E-state index in [1.54, 1.807) is 0 Å². The van der Waals surface area contributed by atoms with Crippen LogP contribution >= 0.6 is 0 Å². The number of hydrogen-bond acceptors (Lipinski definition) is 2. The molecule has 0 aliphatic heterocycles. The molecule has 1 heterocycles. The number of nitrogens with zero attached hydrogens (tertiary/aromatic N) is 2. The molecule has 0 radical (unpaired) electrons. The third-order valence-electron chi connectivity index (χ3n) is 4.04. The SMILES string of the molecule is Cn1c(CC2CCCC2N)nc2ccccc21. The number of fused-ring (bicyclic) bond motifs is 1. The Bertz CT molecular complexity index is 529. The summed E-state index contributed by atoms with van der Waals surface area (Å²) in [5.41, 5.74) is 8.44. The molecule has 3 heteroatoms. The van der Waals surface area contributed by atoms with Gasteiger partial charge in [0.25, 0.3) is 0 Å². The van der Waals surface area contributed by atoms with Gasteiger partial charge in [0.15, 0.2) is 0 Å². The zero-order valence-corrected chi connectivity index (χ0v) is 10.3. The quantitative estimate of drug-likeness (QED) is 0.858. The van der Waals surface area contributed by atoms with Gasteiger partial charge in [-0.05, 0) is 30.9 Å². The molecule has 17 heavy (non-hydrogen) atoms. The molecule has 3 rings (SSSR count). The van der Waals surface area contributed by atoms with Gasteiger partial charge in [0, 0.05) is 19.5 Å². The standard InChI is InChI=1S/C14H19N3/c1-17-13-8-3-2-7-12(13)16-14(17)9-10-5-4-6-11(10)15/h2-3,7-8,10-11H,4-6,9,15H2,1H3. The van der Waals surface area contributed by atoms with Crippen LogP contribution in [0.15, 0.2) is 24.3 Å². The summed E-state index contributed by atoms with van der Waals surface area (Å²) in [7, 11) is 2.10. The lowest BCUT2D eigenvalue weighted by molar-refractivity contribution is 0.463. The zero-order valence-electron chi connectivity index (χ0n) is 10.3. The van der Waals surface area contributed by atoms with Gasteiger partial charge in [-0.25, -0.2) is 4.98 Å². The topological polar surface area (TPSA) is 43.8 Å². The number of rotatable bonds is 2. The number of aromatic nitrogens is 2. The van der Waals surface area contributed by atoms with Gasteiger partial charge in [0.1, 0.15) is 5.82 Å². The van der Waals surface area contributed by atoms with Gasteiger partial charge in [0.2, 0.25) is 0 Å². The molecule has 2 N–H and O–H groups in total. The number of aryl methyl sites for hydroxylation is 1. The van der Waals surface area contributed by atoms with Crippen LogP contribution in [0.5, 0.6) is 0 Å². The van der Waals surface area contributed by atoms with E-state index in [-0.39, 0.29) is 0 Å². The monoisotopic (exact) mass is 229 g/mol. The minimum atomic E-state index is 0.370. The molecule has 0 saturated heterocycles. The van der Waals surface area contributed by atoms with E-state index in [9.17, 15) is 0 Å². The summed E-state index contributed by atoms with van der Waals surface area (Å²) in [5.74, 6) is 1.79. The van der Waals surface area contributed by atoms with Crippen LogP contribution in [-0.4, -0.2) is 15.6 Å². The first-order valence-corrected chi connectivity index (χ1v) is 6.41. The summed E-state index contributed by atoms with van der Waals surface area (Å²) in [4.78, 5) is 4.72. The molecule has 2 aromatic rings. The van der Waals surface area contributed by atoms with Gasteiger partial charge < -0.3 is 10.3 Å². The summed E-state index contributed by atoms with van der Waals surface area (Å²) in [5, 5.41) is 0. The van der Waals surface area contributed by atoms with E-state index in [0.717, 1.165) is 11.9 Å². The van der Waals surface area contributed by atoms with E-state index in [2.05, 4.69) is 29.8 Å². The minimum absolute atomic E-state index is 0.370. The second-order valence-electron chi connectivity index (χ2n) is 5.13. The van der Waals surface area contributed by atoms with Crippen molar-refractivity contribution in [1.82, 2.24) is 9.55 Å². The van der Waals surface area contributed by atoms with Crippen LogP contribution in [0, 0.1) is 5.92 Å². The van der Waals surface area contributed by atoms with E-state index in [1.165, 1.54) is 30.6 Å². The Morgan fingerprint density at radius 3 is 2.88 bits per heavy atom. The molecule has 1 fully saturated rings. The van der Waals surface area contributed by atoms with Crippen LogP contribution in [0.1, 0.15) is 25.1 Å². The summed E-state index contributed by atoms with van der Waals surface area (Å²) in [6.45, 7) is 0. The van der Waals surface area contributed by atoms with Crippen LogP contribution in [0.3, 0.4) is 0 Å². The molecule has 2 atom stereocenters. The van der Waals surface area contributed by atoms with E-state index in [0.29, 0.717) is 12.0 Å². The minimum Gasteiger partial charge on any atom is -0.331 e. The maximum absolute atomic E-state index is 6.13. The molecule has 1 aromatic carbocycles. The first-order chi connectivity index (χ1) is 8.25. The van der Waals surface area contributed by atoms with E-state index < -0.39 is 0 Å². The highest BCUT2D eigenvalue weighted by atomic mass is 15.1. The van der Waals surface area contributed by atoms with Gasteiger partial charge in [-0.1, -0.05) is 18.6 Å². The maximum Gasteiger partial charge on any atom is 0.109 e. The fourth-order valence-corrected chi connectivity index (χ4v) is 2.93. The van der Waals surface area contributed by atoms with Gasteiger partial charge >= 0.3 is 0 Å². The lowest BCUT2D eigenvalue weighted by atomic mass is 10.00. The summed E-state index contributed by atoms with van der Waals surface area (Å²) in [6, 6.07) is 8.68. The molecular weight excluding hydrogens is 210 g/mol. The number of imidazole rings is 1. The third kappa shape index (κ3) is 1.84. The van der Waals surface area contributed by atoms with Gasteiger partial charge in [0.05, 0.1) is 11.0 Å². The number of hydrogen-bond donors (Lipinski definition) is 1. The third-order valence-corrected chi connectivity index (χ3v) is 4.04. The lowest BCUT2D eigenvalue weighted by Crippen LogP contribution is -2.26. The molecule has 90 valence electrons. The van der Waals surface area contributed by atoms with Crippen LogP contribution < -0.4 is 5.73 Å². The van der Waals surface area contributed by atoms with Crippen molar-refractivity contribution in [2.24, 2.45) is 18.7 Å². The average molecular weight is 229 g/mol. The van der Waals surface area contributed by atoms with Gasteiger partial charge in [-0.3, -0.25) is 0 Å². The van der Waals surface area contributed by atoms with E-state index in [1.807, 2.05) is 6.07 Å². The van der Waals surface area contributed by atoms with Crippen LogP contribution in [0.4, 0.5) is 0 Å². The van der Waals surface area contributed by atoms with Crippen molar-refractivity contribution >= 4 is 11.0 Å². The van der Waals surface area contributed by atoms with E-state index in [4.69, 9.17) is 10.7 Å². The van der Waals surface area contributed by atoms with Crippen molar-refractivity contribution in [2.45, 2.75) is 31.7 Å². The lowest BCUT2D eigenvalue weighted by Gasteiger charge is -2.14. The molecule has 3 nitrogen and oxygen atoms in total. The molecule has 0 bridgehead atoms. The molecule has 0 amide bonds. The van der Waals surface area contributed by atoms with Gasteiger partial charge in [-0.15, -0.1) is 0 Å². The summed E-state index contributed by atoms with van der Waals surface area (Å²) in [6.07, 6.45) is 4.72. The highest BCUT2D eigenvalue weighted by Gasteiger charge is 2.25. The second-order valence-corrected chi connectivity index (χ2v) is 5.13. The Balaban J connectivity index is 1.92. The largest absolute Gasteiger partial charge is 0.331 e. The predicted molar refractivity (Wildman–Crippen MR) is 69.7 cm³/mol. The van der Waals surface area contributed by atoms with Crippen LogP contribution in [-0.2, 0) is 13.5 Å². The predicted octanol–water partition coefficient (Wildman–Crippen LogP) is 2.24. The Hall–Kier alpha value is -1.35. The Labute approximate surface area is 102 Å². The average Bonchev–Trinajstić information content (AvgIpc) is 2.87. The van der Waals surface area contributed by atoms with E-state index >= 15 is 0 Å². The molecule has 0 spiro atoms. The van der Waals surface area contributed by atoms with Gasteiger partial charge in [-0.2, -0.15) is 0 Å². The van der Waals surface area contributed by atoms with Crippen molar-refractivity contribution in [3.63, 3.8) is 0 Å². The second kappa shape index (κ2) is 4.15. The summed E-state index contributed by atoms with van der Waals surface area (Å²) >= 11 is 0. The summed E-state index contributed by atoms with van der Waals surface area (Å²) < 4.78 is 2.21. The number of para-hydroxylation sites is 2. The molecule has 1 saturated carbocycles. The van der Waals surface area contributed by atoms with Crippen LogP contribution in [0.25, 0.3) is 11.0 Å². The highest BCUT2D eigenvalue weighted by Crippen LogP contribution is 2.28.